The first kappa shape index (κ1) is 16.1. The second-order valence-corrected chi connectivity index (χ2v) is 6.63. The first-order valence-electron chi connectivity index (χ1n) is 8.12. The maximum Gasteiger partial charge on any atom is 0.283 e. The van der Waals surface area contributed by atoms with Crippen molar-refractivity contribution < 1.29 is 9.59 Å². The van der Waals surface area contributed by atoms with Gasteiger partial charge in [-0.3, -0.25) is 9.59 Å². The van der Waals surface area contributed by atoms with E-state index in [-0.39, 0.29) is 10.9 Å². The van der Waals surface area contributed by atoms with Crippen LogP contribution in [0, 0.1) is 13.8 Å². The molecule has 23 heavy (non-hydrogen) atoms. The van der Waals surface area contributed by atoms with E-state index in [9.17, 15) is 9.59 Å². The highest BCUT2D eigenvalue weighted by atomic mass is 35.5. The molecule has 0 N–H and O–H groups in total. The van der Waals surface area contributed by atoms with Gasteiger partial charge >= 0.3 is 0 Å². The van der Waals surface area contributed by atoms with E-state index < -0.39 is 5.91 Å². The summed E-state index contributed by atoms with van der Waals surface area (Å²) >= 11 is 6.29. The summed E-state index contributed by atoms with van der Waals surface area (Å²) in [6, 6.07) is 5.73. The third kappa shape index (κ3) is 2.76. The number of amides is 2. The minimum atomic E-state index is -0.409. The number of carbonyl (C=O) groups is 2. The van der Waals surface area contributed by atoms with Gasteiger partial charge in [-0.1, -0.05) is 42.6 Å². The number of benzene rings is 1. The number of hydrogen-bond acceptors (Lipinski definition) is 3. The summed E-state index contributed by atoms with van der Waals surface area (Å²) in [6.45, 7) is 5.37. The molecule has 2 aliphatic heterocycles. The van der Waals surface area contributed by atoms with E-state index in [1.165, 1.54) is 4.90 Å². The highest BCUT2D eigenvalue weighted by molar-refractivity contribution is 6.52. The molecule has 0 aliphatic carbocycles. The number of nitrogens with zero attached hydrogens (tertiary/aromatic N) is 2. The van der Waals surface area contributed by atoms with Crippen molar-refractivity contribution in [3.63, 3.8) is 0 Å². The third-order valence-electron chi connectivity index (χ3n) is 4.59. The molecular weight excluding hydrogens is 312 g/mol. The summed E-state index contributed by atoms with van der Waals surface area (Å²) in [5.41, 5.74) is 2.83. The number of imide groups is 1. The molecule has 0 bridgehead atoms. The van der Waals surface area contributed by atoms with Crippen molar-refractivity contribution in [1.82, 2.24) is 4.90 Å². The zero-order chi connectivity index (χ0) is 16.6. The Morgan fingerprint density at radius 1 is 0.913 bits per heavy atom. The molecule has 2 aliphatic rings. The summed E-state index contributed by atoms with van der Waals surface area (Å²) in [5.74, 6) is -0.701. The molecule has 0 aromatic heterocycles. The molecule has 0 radical (unpaired) electrons. The van der Waals surface area contributed by atoms with E-state index >= 15 is 0 Å². The van der Waals surface area contributed by atoms with Crippen molar-refractivity contribution in [3.05, 3.63) is 40.1 Å². The van der Waals surface area contributed by atoms with Gasteiger partial charge in [-0.25, -0.2) is 4.90 Å². The Kier molecular flexibility index (Phi) is 4.44. The fourth-order valence-electron chi connectivity index (χ4n) is 3.42. The Morgan fingerprint density at radius 2 is 1.48 bits per heavy atom. The molecule has 3 rings (SSSR count). The normalized spacial score (nSPS) is 19.6. The van der Waals surface area contributed by atoms with Gasteiger partial charge in [-0.15, -0.1) is 0 Å². The van der Waals surface area contributed by atoms with Gasteiger partial charge in [0.15, 0.2) is 0 Å². The maximum absolute atomic E-state index is 13.0. The molecule has 1 aromatic rings. The fraction of sp³-hybridized carbons (Fsp3) is 0.444. The van der Waals surface area contributed by atoms with Gasteiger partial charge in [0, 0.05) is 13.1 Å². The molecule has 0 spiro atoms. The molecule has 2 amide bonds. The van der Waals surface area contributed by atoms with Gasteiger partial charge in [0.05, 0.1) is 5.69 Å². The number of likely N-dealkylation sites (tertiary alicyclic amines) is 1. The first-order chi connectivity index (χ1) is 11.0. The van der Waals surface area contributed by atoms with Gasteiger partial charge in [-0.05, 0) is 37.8 Å². The first-order valence-corrected chi connectivity index (χ1v) is 8.50. The Labute approximate surface area is 141 Å². The van der Waals surface area contributed by atoms with E-state index in [2.05, 4.69) is 0 Å². The fourth-order valence-corrected chi connectivity index (χ4v) is 3.71. The second kappa shape index (κ2) is 6.36. The van der Waals surface area contributed by atoms with E-state index in [1.54, 1.807) is 0 Å². The molecule has 5 heteroatoms. The highest BCUT2D eigenvalue weighted by Gasteiger charge is 2.42. The molecule has 0 unspecified atom stereocenters. The number of aryl methyl sites for hydroxylation is 2. The van der Waals surface area contributed by atoms with Crippen LogP contribution < -0.4 is 4.90 Å². The van der Waals surface area contributed by atoms with E-state index in [0.717, 1.165) is 49.9 Å². The molecule has 0 atom stereocenters. The van der Waals surface area contributed by atoms with Gasteiger partial charge in [0.1, 0.15) is 10.7 Å². The highest BCUT2D eigenvalue weighted by Crippen LogP contribution is 2.35. The molecule has 2 heterocycles. The molecule has 0 saturated carbocycles. The summed E-state index contributed by atoms with van der Waals surface area (Å²) in [4.78, 5) is 28.8. The van der Waals surface area contributed by atoms with Crippen LogP contribution in [0.2, 0.25) is 0 Å². The van der Waals surface area contributed by atoms with Crippen LogP contribution in [0.3, 0.4) is 0 Å². The quantitative estimate of drug-likeness (QED) is 0.778. The lowest BCUT2D eigenvalue weighted by Gasteiger charge is -2.24. The zero-order valence-electron chi connectivity index (χ0n) is 13.6. The van der Waals surface area contributed by atoms with E-state index in [0.29, 0.717) is 11.4 Å². The average molecular weight is 333 g/mol. The van der Waals surface area contributed by atoms with Crippen molar-refractivity contribution in [3.8, 4) is 0 Å². The SMILES string of the molecule is Cc1cccc(C)c1N1C(=O)C(Cl)=C(N2CCCCCC2)C1=O. The summed E-state index contributed by atoms with van der Waals surface area (Å²) in [5, 5.41) is 0.0551. The van der Waals surface area contributed by atoms with Crippen LogP contribution >= 0.6 is 11.6 Å². The molecule has 122 valence electrons. The van der Waals surface area contributed by atoms with Gasteiger partial charge in [-0.2, -0.15) is 0 Å². The topological polar surface area (TPSA) is 40.6 Å². The molecule has 4 nitrogen and oxygen atoms in total. The standard InChI is InChI=1S/C18H21ClN2O2/c1-12-8-7-9-13(2)15(12)21-17(22)14(19)16(18(21)23)20-10-5-3-4-6-11-20/h7-9H,3-6,10-11H2,1-2H3. The summed E-state index contributed by atoms with van der Waals surface area (Å²) in [7, 11) is 0. The Bertz CT molecular complexity index is 668. The molecule has 1 saturated heterocycles. The average Bonchev–Trinajstić information content (AvgIpc) is 2.72. The number of halogens is 1. The third-order valence-corrected chi connectivity index (χ3v) is 4.93. The minimum absolute atomic E-state index is 0.0551. The smallest absolute Gasteiger partial charge is 0.283 e. The predicted octanol–water partition coefficient (Wildman–Crippen LogP) is 3.50. The van der Waals surface area contributed by atoms with Crippen LogP contribution in [0.15, 0.2) is 28.9 Å². The van der Waals surface area contributed by atoms with Crippen molar-refractivity contribution >= 4 is 29.1 Å². The van der Waals surface area contributed by atoms with E-state index in [4.69, 9.17) is 11.6 Å². The maximum atomic E-state index is 13.0. The van der Waals surface area contributed by atoms with Gasteiger partial charge in [0.2, 0.25) is 0 Å². The number of anilines is 1. The molecular formula is C18H21ClN2O2. The van der Waals surface area contributed by atoms with Crippen molar-refractivity contribution in [2.45, 2.75) is 39.5 Å². The zero-order valence-corrected chi connectivity index (χ0v) is 14.3. The number of hydrogen-bond donors (Lipinski definition) is 0. The van der Waals surface area contributed by atoms with E-state index in [1.807, 2.05) is 36.9 Å². The van der Waals surface area contributed by atoms with Crippen LogP contribution in [0.25, 0.3) is 0 Å². The van der Waals surface area contributed by atoms with Crippen LogP contribution in [0.4, 0.5) is 5.69 Å². The Morgan fingerprint density at radius 3 is 2.04 bits per heavy atom. The molecule has 1 aromatic carbocycles. The van der Waals surface area contributed by atoms with Crippen molar-refractivity contribution in [2.75, 3.05) is 18.0 Å². The van der Waals surface area contributed by atoms with Gasteiger partial charge in [0.25, 0.3) is 11.8 Å². The molecule has 1 fully saturated rings. The minimum Gasteiger partial charge on any atom is -0.366 e. The number of para-hydroxylation sites is 1. The number of rotatable bonds is 2. The monoisotopic (exact) mass is 332 g/mol. The van der Waals surface area contributed by atoms with Gasteiger partial charge < -0.3 is 4.90 Å². The van der Waals surface area contributed by atoms with Crippen molar-refractivity contribution in [1.29, 1.82) is 0 Å². The van der Waals surface area contributed by atoms with Crippen LogP contribution in [0.5, 0.6) is 0 Å². The lowest BCUT2D eigenvalue weighted by atomic mass is 10.1. The predicted molar refractivity (Wildman–Crippen MR) is 91.3 cm³/mol. The lowest BCUT2D eigenvalue weighted by molar-refractivity contribution is -0.121. The largest absolute Gasteiger partial charge is 0.366 e. The second-order valence-electron chi connectivity index (χ2n) is 6.25. The van der Waals surface area contributed by atoms with Crippen LogP contribution in [0.1, 0.15) is 36.8 Å². The summed E-state index contributed by atoms with van der Waals surface area (Å²) in [6.07, 6.45) is 4.37. The Balaban J connectivity index is 1.99. The summed E-state index contributed by atoms with van der Waals surface area (Å²) < 4.78 is 0. The van der Waals surface area contributed by atoms with Crippen LogP contribution in [-0.4, -0.2) is 29.8 Å². The van der Waals surface area contributed by atoms with Crippen molar-refractivity contribution in [2.24, 2.45) is 0 Å². The Hall–Kier alpha value is -1.81. The number of carbonyl (C=O) groups excluding carboxylic acids is 2. The lowest BCUT2D eigenvalue weighted by Crippen LogP contribution is -2.36. The van der Waals surface area contributed by atoms with Crippen LogP contribution in [-0.2, 0) is 9.59 Å².